The van der Waals surface area contributed by atoms with Gasteiger partial charge in [0.25, 0.3) is 0 Å². The van der Waals surface area contributed by atoms with E-state index >= 15 is 0 Å². The van der Waals surface area contributed by atoms with Crippen molar-refractivity contribution in [3.05, 3.63) is 100 Å². The summed E-state index contributed by atoms with van der Waals surface area (Å²) in [7, 11) is -3.55. The summed E-state index contributed by atoms with van der Waals surface area (Å²) in [5.41, 5.74) is 2.17. The Morgan fingerprint density at radius 1 is 0.897 bits per heavy atom. The van der Waals surface area contributed by atoms with Crippen LogP contribution in [0.5, 0.6) is 0 Å². The van der Waals surface area contributed by atoms with E-state index in [9.17, 15) is 18.0 Å². The summed E-state index contributed by atoms with van der Waals surface area (Å²) in [5, 5.41) is 3.60. The molecule has 0 bridgehead atoms. The van der Waals surface area contributed by atoms with E-state index in [1.165, 1.54) is 4.31 Å². The van der Waals surface area contributed by atoms with Gasteiger partial charge in [0.2, 0.25) is 21.8 Å². The van der Waals surface area contributed by atoms with Gasteiger partial charge < -0.3 is 10.2 Å². The molecule has 1 N–H and O–H groups in total. The maximum absolute atomic E-state index is 13.7. The molecule has 3 aromatic carbocycles. The van der Waals surface area contributed by atoms with E-state index in [1.54, 1.807) is 47.4 Å². The SMILES string of the molecule is CCNC(=O)C(Cc1ccccc1)N(Cc1ccc(Cl)c(Cl)c1)C(=O)CCCN(c1ccccc1)S(C)(=O)=O. The third-order valence-electron chi connectivity index (χ3n) is 6.16. The predicted molar refractivity (Wildman–Crippen MR) is 157 cm³/mol. The third-order valence-corrected chi connectivity index (χ3v) is 8.09. The van der Waals surface area contributed by atoms with Crippen LogP contribution >= 0.6 is 23.2 Å². The first-order valence-electron chi connectivity index (χ1n) is 12.7. The van der Waals surface area contributed by atoms with Gasteiger partial charge in [-0.25, -0.2) is 8.42 Å². The van der Waals surface area contributed by atoms with Crippen LogP contribution in [0, 0.1) is 0 Å². The van der Waals surface area contributed by atoms with Gasteiger partial charge in [0.05, 0.1) is 22.0 Å². The maximum Gasteiger partial charge on any atom is 0.243 e. The Balaban J connectivity index is 1.87. The largest absolute Gasteiger partial charge is 0.355 e. The number of carbonyl (C=O) groups excluding carboxylic acids is 2. The van der Waals surface area contributed by atoms with Gasteiger partial charge in [0.15, 0.2) is 0 Å². The molecule has 0 aliphatic rings. The molecule has 2 amide bonds. The van der Waals surface area contributed by atoms with Gasteiger partial charge in [-0.1, -0.05) is 77.8 Å². The second-order valence-electron chi connectivity index (χ2n) is 9.14. The number of halogens is 2. The van der Waals surface area contributed by atoms with Crippen molar-refractivity contribution < 1.29 is 18.0 Å². The first kappa shape index (κ1) is 30.5. The average molecular weight is 591 g/mol. The zero-order valence-corrected chi connectivity index (χ0v) is 24.3. The van der Waals surface area contributed by atoms with Crippen LogP contribution in [0.2, 0.25) is 10.0 Å². The Labute approximate surface area is 240 Å². The average Bonchev–Trinajstić information content (AvgIpc) is 2.91. The van der Waals surface area contributed by atoms with Crippen LogP contribution in [0.25, 0.3) is 0 Å². The number of sulfonamides is 1. The summed E-state index contributed by atoms with van der Waals surface area (Å²) >= 11 is 12.3. The fourth-order valence-corrected chi connectivity index (χ4v) is 5.56. The second kappa shape index (κ2) is 14.4. The monoisotopic (exact) mass is 589 g/mol. The minimum absolute atomic E-state index is 0.0465. The van der Waals surface area contributed by atoms with E-state index in [4.69, 9.17) is 23.2 Å². The van der Waals surface area contributed by atoms with E-state index in [0.717, 1.165) is 17.4 Å². The van der Waals surface area contributed by atoms with Gasteiger partial charge in [-0.3, -0.25) is 13.9 Å². The fourth-order valence-electron chi connectivity index (χ4n) is 4.28. The van der Waals surface area contributed by atoms with E-state index in [2.05, 4.69) is 5.32 Å². The molecule has 1 atom stereocenters. The lowest BCUT2D eigenvalue weighted by Gasteiger charge is -2.32. The Hall–Kier alpha value is -3.07. The lowest BCUT2D eigenvalue weighted by Crippen LogP contribution is -2.50. The molecule has 7 nitrogen and oxygen atoms in total. The molecule has 39 heavy (non-hydrogen) atoms. The van der Waals surface area contributed by atoms with Gasteiger partial charge in [-0.05, 0) is 48.7 Å². The van der Waals surface area contributed by atoms with E-state index in [0.29, 0.717) is 28.7 Å². The molecule has 0 saturated carbocycles. The number of para-hydroxylation sites is 1. The minimum atomic E-state index is -3.55. The van der Waals surface area contributed by atoms with Crippen LogP contribution in [0.4, 0.5) is 5.69 Å². The van der Waals surface area contributed by atoms with Crippen molar-refractivity contribution in [2.24, 2.45) is 0 Å². The van der Waals surface area contributed by atoms with Crippen LogP contribution in [0.3, 0.4) is 0 Å². The van der Waals surface area contributed by atoms with E-state index < -0.39 is 16.1 Å². The third kappa shape index (κ3) is 8.98. The highest BCUT2D eigenvalue weighted by Gasteiger charge is 2.30. The Morgan fingerprint density at radius 3 is 2.13 bits per heavy atom. The highest BCUT2D eigenvalue weighted by atomic mass is 35.5. The van der Waals surface area contributed by atoms with E-state index in [1.807, 2.05) is 43.3 Å². The molecule has 1 unspecified atom stereocenters. The summed E-state index contributed by atoms with van der Waals surface area (Å²) in [6.45, 7) is 2.50. The van der Waals surface area contributed by atoms with Crippen LogP contribution in [-0.2, 0) is 32.6 Å². The number of nitrogens with one attached hydrogen (secondary N) is 1. The summed E-state index contributed by atoms with van der Waals surface area (Å²) in [5.74, 6) is -0.536. The van der Waals surface area contributed by atoms with Gasteiger partial charge in [0.1, 0.15) is 6.04 Å². The molecule has 208 valence electrons. The van der Waals surface area contributed by atoms with Crippen LogP contribution in [0.1, 0.15) is 30.9 Å². The summed E-state index contributed by atoms with van der Waals surface area (Å²) in [6.07, 6.45) is 1.78. The van der Waals surface area contributed by atoms with Gasteiger partial charge in [0, 0.05) is 32.5 Å². The molecule has 0 spiro atoms. The predicted octanol–water partition coefficient (Wildman–Crippen LogP) is 5.32. The molecular formula is C29H33Cl2N3O4S. The maximum atomic E-state index is 13.7. The van der Waals surface area contributed by atoms with Crippen LogP contribution < -0.4 is 9.62 Å². The zero-order chi connectivity index (χ0) is 28.4. The molecule has 0 aliphatic heterocycles. The Bertz CT molecular complexity index is 1360. The lowest BCUT2D eigenvalue weighted by molar-refractivity contribution is -0.141. The van der Waals surface area contributed by atoms with Crippen molar-refractivity contribution in [1.29, 1.82) is 0 Å². The number of carbonyl (C=O) groups is 2. The van der Waals surface area contributed by atoms with Crippen molar-refractivity contribution in [3.63, 3.8) is 0 Å². The molecule has 0 radical (unpaired) electrons. The van der Waals surface area contributed by atoms with Gasteiger partial charge in [-0.15, -0.1) is 0 Å². The number of benzene rings is 3. The highest BCUT2D eigenvalue weighted by Crippen LogP contribution is 2.25. The number of amides is 2. The van der Waals surface area contributed by atoms with Crippen molar-refractivity contribution in [1.82, 2.24) is 10.2 Å². The smallest absolute Gasteiger partial charge is 0.243 e. The van der Waals surface area contributed by atoms with E-state index in [-0.39, 0.29) is 37.7 Å². The Morgan fingerprint density at radius 2 is 1.54 bits per heavy atom. The standard InChI is InChI=1S/C29H33Cl2N3O4S/c1-3-32-29(36)27(20-22-11-6-4-7-12-22)33(21-23-16-17-25(30)26(31)19-23)28(35)15-10-18-34(39(2,37)38)24-13-8-5-9-14-24/h4-9,11-14,16-17,19,27H,3,10,15,18,20-21H2,1-2H3,(H,32,36). The molecular weight excluding hydrogens is 557 g/mol. The Kier molecular flexibility index (Phi) is 11.2. The first-order chi connectivity index (χ1) is 18.6. The fraction of sp³-hybridized carbons (Fsp3) is 0.310. The molecule has 3 aromatic rings. The molecule has 0 heterocycles. The van der Waals surface area contributed by atoms with Crippen molar-refractivity contribution in [2.75, 3.05) is 23.7 Å². The number of hydrogen-bond acceptors (Lipinski definition) is 4. The summed E-state index contributed by atoms with van der Waals surface area (Å²) < 4.78 is 26.2. The number of anilines is 1. The lowest BCUT2D eigenvalue weighted by atomic mass is 10.0. The number of nitrogens with zero attached hydrogens (tertiary/aromatic N) is 2. The minimum Gasteiger partial charge on any atom is -0.355 e. The second-order valence-corrected chi connectivity index (χ2v) is 11.9. The highest BCUT2D eigenvalue weighted by molar-refractivity contribution is 7.92. The van der Waals surface area contributed by atoms with Crippen molar-refractivity contribution >= 4 is 50.7 Å². The summed E-state index contributed by atoms with van der Waals surface area (Å²) in [6, 6.07) is 22.6. The quantitative estimate of drug-likeness (QED) is 0.292. The molecule has 0 aromatic heterocycles. The van der Waals surface area contributed by atoms with Crippen molar-refractivity contribution in [3.8, 4) is 0 Å². The molecule has 0 fully saturated rings. The first-order valence-corrected chi connectivity index (χ1v) is 15.3. The molecule has 10 heteroatoms. The molecule has 0 saturated heterocycles. The van der Waals surface area contributed by atoms with Crippen LogP contribution in [-0.4, -0.2) is 50.5 Å². The molecule has 3 rings (SSSR count). The molecule has 0 aliphatic carbocycles. The van der Waals surface area contributed by atoms with Crippen molar-refractivity contribution in [2.45, 2.75) is 38.8 Å². The van der Waals surface area contributed by atoms with Gasteiger partial charge >= 0.3 is 0 Å². The number of hydrogen-bond donors (Lipinski definition) is 1. The number of likely N-dealkylation sites (N-methyl/N-ethyl adjacent to an activating group) is 1. The topological polar surface area (TPSA) is 86.8 Å². The van der Waals surface area contributed by atoms with Crippen LogP contribution in [0.15, 0.2) is 78.9 Å². The van der Waals surface area contributed by atoms with Gasteiger partial charge in [-0.2, -0.15) is 0 Å². The summed E-state index contributed by atoms with van der Waals surface area (Å²) in [4.78, 5) is 28.5. The zero-order valence-electron chi connectivity index (χ0n) is 22.0. The normalized spacial score (nSPS) is 12.0. The number of rotatable bonds is 13.